The van der Waals surface area contributed by atoms with Crippen molar-refractivity contribution < 1.29 is 18.0 Å². The molecule has 1 N–H and O–H groups in total. The summed E-state index contributed by atoms with van der Waals surface area (Å²) in [5, 5.41) is 4.07. The second kappa shape index (κ2) is 14.3. The van der Waals surface area contributed by atoms with Gasteiger partial charge in [-0.25, -0.2) is 8.42 Å². The number of carbonyl (C=O) groups excluding carboxylic acids is 2. The van der Waals surface area contributed by atoms with Gasteiger partial charge in [0.05, 0.1) is 20.6 Å². The van der Waals surface area contributed by atoms with Crippen LogP contribution in [0.25, 0.3) is 0 Å². The summed E-state index contributed by atoms with van der Waals surface area (Å²) in [4.78, 5) is 29.1. The smallest absolute Gasteiger partial charge is 0.264 e. The highest BCUT2D eigenvalue weighted by Gasteiger charge is 2.35. The van der Waals surface area contributed by atoms with E-state index in [0.717, 1.165) is 30.0 Å². The molecular weight excluding hydrogens is 640 g/mol. The van der Waals surface area contributed by atoms with Crippen LogP contribution in [-0.4, -0.2) is 43.8 Å². The average Bonchev–Trinajstić information content (AvgIpc) is 3.48. The van der Waals surface area contributed by atoms with E-state index in [9.17, 15) is 18.0 Å². The fourth-order valence-electron chi connectivity index (χ4n) is 5.03. The third-order valence-corrected chi connectivity index (χ3v) is 10.5. The zero-order valence-corrected chi connectivity index (χ0v) is 26.7. The maximum absolute atomic E-state index is 14.2. The number of hydrogen-bond acceptors (Lipinski definition) is 4. The van der Waals surface area contributed by atoms with Gasteiger partial charge in [-0.2, -0.15) is 0 Å². The van der Waals surface area contributed by atoms with E-state index >= 15 is 0 Å². The molecule has 0 bridgehead atoms. The molecule has 0 saturated heterocycles. The van der Waals surface area contributed by atoms with Crippen LogP contribution in [0.5, 0.6) is 0 Å². The largest absolute Gasteiger partial charge is 0.352 e. The van der Waals surface area contributed by atoms with Crippen LogP contribution in [-0.2, 0) is 26.2 Å². The number of nitrogens with one attached hydrogen (secondary N) is 1. The van der Waals surface area contributed by atoms with E-state index in [2.05, 4.69) is 5.32 Å². The van der Waals surface area contributed by atoms with E-state index in [1.165, 1.54) is 35.2 Å². The van der Waals surface area contributed by atoms with Crippen molar-refractivity contribution in [2.45, 2.75) is 62.6 Å². The average molecular weight is 671 g/mol. The summed E-state index contributed by atoms with van der Waals surface area (Å²) in [5.74, 6) is -0.932. The minimum absolute atomic E-state index is 0.0180. The predicted octanol–water partition coefficient (Wildman–Crippen LogP) is 7.36. The minimum Gasteiger partial charge on any atom is -0.352 e. The molecule has 1 fully saturated rings. The molecule has 0 aliphatic heterocycles. The van der Waals surface area contributed by atoms with Gasteiger partial charge in [-0.1, -0.05) is 90.4 Å². The first-order valence-electron chi connectivity index (χ1n) is 13.6. The van der Waals surface area contributed by atoms with Gasteiger partial charge in [-0.05, 0) is 61.7 Å². The molecule has 1 atom stereocenters. The van der Waals surface area contributed by atoms with Crippen molar-refractivity contribution in [3.8, 4) is 0 Å². The molecule has 0 spiro atoms. The Labute approximate surface area is 266 Å². The number of carbonyl (C=O) groups is 2. The lowest BCUT2D eigenvalue weighted by atomic mass is 10.1. The van der Waals surface area contributed by atoms with Gasteiger partial charge in [0.25, 0.3) is 10.0 Å². The summed E-state index contributed by atoms with van der Waals surface area (Å²) in [7, 11) is -4.24. The first kappa shape index (κ1) is 32.4. The number of halogens is 4. The number of amides is 2. The Hall–Kier alpha value is -2.49. The van der Waals surface area contributed by atoms with Crippen LogP contribution < -0.4 is 9.62 Å². The zero-order chi connectivity index (χ0) is 30.4. The maximum atomic E-state index is 14.2. The SMILES string of the molecule is CCC(C(=O)NC1CCCC1)N(Cc1c(Cl)cccc1Cl)C(=O)CN(c1ccc(Cl)c(Cl)c1)S(=O)(=O)c1ccccc1. The number of hydrogen-bond donors (Lipinski definition) is 1. The molecule has 224 valence electrons. The van der Waals surface area contributed by atoms with Gasteiger partial charge < -0.3 is 10.2 Å². The second-order valence-electron chi connectivity index (χ2n) is 10.1. The lowest BCUT2D eigenvalue weighted by molar-refractivity contribution is -0.140. The Bertz CT molecular complexity index is 1510. The third-order valence-electron chi connectivity index (χ3n) is 7.28. The molecule has 0 radical (unpaired) electrons. The summed E-state index contributed by atoms with van der Waals surface area (Å²) in [6.45, 7) is 1.07. The molecule has 3 aromatic carbocycles. The Kier molecular flexibility index (Phi) is 11.1. The maximum Gasteiger partial charge on any atom is 0.264 e. The Morgan fingerprint density at radius 1 is 0.881 bits per heavy atom. The summed E-state index contributed by atoms with van der Waals surface area (Å²) in [6.07, 6.45) is 4.06. The quantitative estimate of drug-likeness (QED) is 0.231. The summed E-state index contributed by atoms with van der Waals surface area (Å²) >= 11 is 25.3. The van der Waals surface area contributed by atoms with E-state index in [4.69, 9.17) is 46.4 Å². The number of rotatable bonds is 11. The molecule has 7 nitrogen and oxygen atoms in total. The second-order valence-corrected chi connectivity index (χ2v) is 13.6. The number of sulfonamides is 1. The van der Waals surface area contributed by atoms with Crippen molar-refractivity contribution in [3.05, 3.63) is 92.4 Å². The fraction of sp³-hybridized carbons (Fsp3) is 0.333. The van der Waals surface area contributed by atoms with E-state index in [0.29, 0.717) is 15.6 Å². The first-order chi connectivity index (χ1) is 20.0. The van der Waals surface area contributed by atoms with Gasteiger partial charge in [-0.3, -0.25) is 13.9 Å². The van der Waals surface area contributed by atoms with Crippen LogP contribution in [0.15, 0.2) is 71.6 Å². The Morgan fingerprint density at radius 2 is 1.52 bits per heavy atom. The summed E-state index contributed by atoms with van der Waals surface area (Å²) in [6, 6.07) is 16.2. The number of anilines is 1. The molecule has 12 heteroatoms. The Morgan fingerprint density at radius 3 is 2.12 bits per heavy atom. The predicted molar refractivity (Wildman–Crippen MR) is 169 cm³/mol. The highest BCUT2D eigenvalue weighted by Crippen LogP contribution is 2.32. The van der Waals surface area contributed by atoms with Crippen LogP contribution in [0.3, 0.4) is 0 Å². The van der Waals surface area contributed by atoms with Gasteiger partial charge in [0.2, 0.25) is 11.8 Å². The van der Waals surface area contributed by atoms with Gasteiger partial charge in [0.15, 0.2) is 0 Å². The van der Waals surface area contributed by atoms with Crippen molar-refractivity contribution in [2.24, 2.45) is 0 Å². The monoisotopic (exact) mass is 669 g/mol. The van der Waals surface area contributed by atoms with Crippen LogP contribution in [0, 0.1) is 0 Å². The third kappa shape index (κ3) is 7.53. The standard InChI is InChI=1S/C30H31Cl4N3O4S/c1-2-28(30(39)35-20-9-6-7-10-20)36(18-23-24(31)13-8-14-25(23)32)29(38)19-37(21-15-16-26(33)27(34)17-21)42(40,41)22-11-4-3-5-12-22/h3-5,8,11-17,20,28H,2,6-7,9-10,18-19H2,1H3,(H,35,39). The van der Waals surface area contributed by atoms with Gasteiger partial charge in [0, 0.05) is 28.2 Å². The lowest BCUT2D eigenvalue weighted by Gasteiger charge is -2.34. The molecule has 0 aromatic heterocycles. The normalized spacial score (nSPS) is 14.4. The summed E-state index contributed by atoms with van der Waals surface area (Å²) in [5.41, 5.74) is 0.592. The van der Waals surface area contributed by atoms with E-state index in [1.54, 1.807) is 43.3 Å². The molecule has 4 rings (SSSR count). The van der Waals surface area contributed by atoms with Crippen LogP contribution in [0.4, 0.5) is 5.69 Å². The van der Waals surface area contributed by atoms with Gasteiger partial charge >= 0.3 is 0 Å². The fourth-order valence-corrected chi connectivity index (χ4v) is 7.27. The van der Waals surface area contributed by atoms with E-state index in [-0.39, 0.29) is 45.5 Å². The highest BCUT2D eigenvalue weighted by atomic mass is 35.5. The van der Waals surface area contributed by atoms with Crippen LogP contribution in [0.2, 0.25) is 20.1 Å². The summed E-state index contributed by atoms with van der Waals surface area (Å²) < 4.78 is 28.8. The number of benzene rings is 3. The topological polar surface area (TPSA) is 86.8 Å². The molecule has 0 heterocycles. The van der Waals surface area contributed by atoms with Crippen LogP contribution in [0.1, 0.15) is 44.6 Å². The van der Waals surface area contributed by atoms with Gasteiger partial charge in [0.1, 0.15) is 12.6 Å². The molecule has 1 saturated carbocycles. The van der Waals surface area contributed by atoms with Crippen molar-refractivity contribution in [3.63, 3.8) is 0 Å². The minimum atomic E-state index is -4.24. The van der Waals surface area contributed by atoms with E-state index in [1.807, 2.05) is 0 Å². The lowest BCUT2D eigenvalue weighted by Crippen LogP contribution is -2.53. The van der Waals surface area contributed by atoms with E-state index < -0.39 is 28.5 Å². The highest BCUT2D eigenvalue weighted by molar-refractivity contribution is 7.92. The molecule has 1 unspecified atom stereocenters. The molecule has 3 aromatic rings. The molecule has 1 aliphatic rings. The first-order valence-corrected chi connectivity index (χ1v) is 16.5. The van der Waals surface area contributed by atoms with Crippen molar-refractivity contribution >= 4 is 73.9 Å². The van der Waals surface area contributed by atoms with Crippen molar-refractivity contribution in [1.29, 1.82) is 0 Å². The van der Waals surface area contributed by atoms with Crippen molar-refractivity contribution in [2.75, 3.05) is 10.8 Å². The molecule has 1 aliphatic carbocycles. The van der Waals surface area contributed by atoms with Crippen molar-refractivity contribution in [1.82, 2.24) is 10.2 Å². The van der Waals surface area contributed by atoms with Gasteiger partial charge in [-0.15, -0.1) is 0 Å². The molecule has 2 amide bonds. The van der Waals surface area contributed by atoms with Crippen LogP contribution >= 0.6 is 46.4 Å². The Balaban J connectivity index is 1.76. The number of nitrogens with zero attached hydrogens (tertiary/aromatic N) is 2. The zero-order valence-electron chi connectivity index (χ0n) is 22.9. The molecule has 42 heavy (non-hydrogen) atoms. The molecular formula is C30H31Cl4N3O4S.